The lowest BCUT2D eigenvalue weighted by Gasteiger charge is -2.24. The van der Waals surface area contributed by atoms with Crippen molar-refractivity contribution in [2.45, 2.75) is 31.8 Å². The van der Waals surface area contributed by atoms with Crippen LogP contribution in [0, 0.1) is 0 Å². The van der Waals surface area contributed by atoms with Crippen molar-refractivity contribution >= 4 is 18.3 Å². The highest BCUT2D eigenvalue weighted by Crippen LogP contribution is 2.38. The molecular formula is C17H25ClN2O3. The van der Waals surface area contributed by atoms with Crippen LogP contribution in [-0.2, 0) is 10.2 Å². The van der Waals surface area contributed by atoms with Crippen LogP contribution in [0.2, 0.25) is 0 Å². The van der Waals surface area contributed by atoms with Gasteiger partial charge in [0.1, 0.15) is 5.75 Å². The molecule has 0 aliphatic carbocycles. The summed E-state index contributed by atoms with van der Waals surface area (Å²) in [7, 11) is 0. The van der Waals surface area contributed by atoms with Gasteiger partial charge in [0, 0.05) is 42.8 Å². The van der Waals surface area contributed by atoms with E-state index in [0.717, 1.165) is 23.3 Å². The summed E-state index contributed by atoms with van der Waals surface area (Å²) in [6, 6.07) is 5.74. The Morgan fingerprint density at radius 2 is 2.22 bits per heavy atom. The fourth-order valence-corrected chi connectivity index (χ4v) is 3.06. The van der Waals surface area contributed by atoms with Crippen LogP contribution in [0.15, 0.2) is 18.2 Å². The molecule has 0 spiro atoms. The van der Waals surface area contributed by atoms with E-state index in [4.69, 9.17) is 15.2 Å². The van der Waals surface area contributed by atoms with Crippen molar-refractivity contribution in [2.75, 3.05) is 32.8 Å². The van der Waals surface area contributed by atoms with Crippen LogP contribution in [0.25, 0.3) is 0 Å². The number of fused-ring (bicyclic) bond motifs is 1. The zero-order valence-electron chi connectivity index (χ0n) is 13.7. The lowest BCUT2D eigenvalue weighted by molar-refractivity contribution is 0.0520. The highest BCUT2D eigenvalue weighted by Gasteiger charge is 2.33. The maximum absolute atomic E-state index is 12.8. The Balaban J connectivity index is 0.00000192. The summed E-state index contributed by atoms with van der Waals surface area (Å²) in [6.45, 7) is 7.31. The number of nitrogens with zero attached hydrogens (tertiary/aromatic N) is 1. The van der Waals surface area contributed by atoms with Crippen molar-refractivity contribution in [1.82, 2.24) is 4.90 Å². The van der Waals surface area contributed by atoms with E-state index in [0.29, 0.717) is 32.8 Å². The zero-order valence-corrected chi connectivity index (χ0v) is 14.5. The molecule has 1 amide bonds. The number of hydrogen-bond donors (Lipinski definition) is 1. The van der Waals surface area contributed by atoms with Crippen LogP contribution in [-0.4, -0.2) is 49.8 Å². The molecule has 3 rings (SSSR count). The Hall–Kier alpha value is -1.30. The number of rotatable bonds is 2. The molecule has 0 radical (unpaired) electrons. The van der Waals surface area contributed by atoms with Gasteiger partial charge in [-0.2, -0.15) is 0 Å². The minimum atomic E-state index is -0.0688. The number of carbonyl (C=O) groups is 1. The Bertz CT molecular complexity index is 577. The maximum Gasteiger partial charge on any atom is 0.253 e. The van der Waals surface area contributed by atoms with Crippen molar-refractivity contribution in [3.05, 3.63) is 29.3 Å². The lowest BCUT2D eigenvalue weighted by atomic mass is 9.86. The Morgan fingerprint density at radius 1 is 1.43 bits per heavy atom. The summed E-state index contributed by atoms with van der Waals surface area (Å²) in [4.78, 5) is 14.7. The van der Waals surface area contributed by atoms with Crippen molar-refractivity contribution in [1.29, 1.82) is 0 Å². The number of nitrogens with two attached hydrogens (primary N) is 1. The first-order chi connectivity index (χ1) is 10.5. The molecule has 0 saturated carbocycles. The molecule has 0 unspecified atom stereocenters. The summed E-state index contributed by atoms with van der Waals surface area (Å²) in [6.07, 6.45) is 0.780. The van der Waals surface area contributed by atoms with Crippen molar-refractivity contribution in [3.63, 3.8) is 0 Å². The topological polar surface area (TPSA) is 64.8 Å². The molecule has 1 atom stereocenters. The average Bonchev–Trinajstić information content (AvgIpc) is 2.70. The molecule has 0 aromatic heterocycles. The van der Waals surface area contributed by atoms with Crippen molar-refractivity contribution in [2.24, 2.45) is 5.73 Å². The molecule has 2 heterocycles. The van der Waals surface area contributed by atoms with E-state index >= 15 is 0 Å². The number of ether oxygens (including phenoxy) is 2. The van der Waals surface area contributed by atoms with Crippen LogP contribution in [0.5, 0.6) is 5.75 Å². The summed E-state index contributed by atoms with van der Waals surface area (Å²) < 4.78 is 11.3. The molecule has 6 heteroatoms. The summed E-state index contributed by atoms with van der Waals surface area (Å²) in [5.74, 6) is 0.940. The van der Waals surface area contributed by atoms with Crippen molar-refractivity contribution < 1.29 is 14.3 Å². The minimum absolute atomic E-state index is 0. The van der Waals surface area contributed by atoms with Crippen LogP contribution in [0.1, 0.15) is 36.2 Å². The van der Waals surface area contributed by atoms with E-state index in [9.17, 15) is 4.79 Å². The monoisotopic (exact) mass is 340 g/mol. The van der Waals surface area contributed by atoms with Gasteiger partial charge in [-0.1, -0.05) is 13.8 Å². The molecule has 0 bridgehead atoms. The van der Waals surface area contributed by atoms with Gasteiger partial charge in [-0.05, 0) is 24.6 Å². The molecule has 128 valence electrons. The van der Waals surface area contributed by atoms with Gasteiger partial charge < -0.3 is 20.1 Å². The van der Waals surface area contributed by atoms with Gasteiger partial charge in [-0.3, -0.25) is 4.79 Å². The van der Waals surface area contributed by atoms with E-state index in [2.05, 4.69) is 13.8 Å². The molecular weight excluding hydrogens is 316 g/mol. The van der Waals surface area contributed by atoms with Gasteiger partial charge in [-0.15, -0.1) is 12.4 Å². The van der Waals surface area contributed by atoms with E-state index in [1.165, 1.54) is 0 Å². The Labute approximate surface area is 143 Å². The number of benzene rings is 1. The normalized spacial score (nSPS) is 22.6. The quantitative estimate of drug-likeness (QED) is 0.894. The standard InChI is InChI=1S/C17H24N2O3.ClH/c1-17(2)11-22-15-5-4-12(8-14(15)17)16(20)19-6-3-7-21-13(9-18)10-19;/h4-5,8,13H,3,6-7,9-11,18H2,1-2H3;1H/t13-;/m0./s1. The summed E-state index contributed by atoms with van der Waals surface area (Å²) in [5.41, 5.74) is 7.48. The third-order valence-corrected chi connectivity index (χ3v) is 4.44. The fraction of sp³-hybridized carbons (Fsp3) is 0.588. The second-order valence-electron chi connectivity index (χ2n) is 6.72. The molecule has 1 aromatic carbocycles. The predicted molar refractivity (Wildman–Crippen MR) is 91.5 cm³/mol. The maximum atomic E-state index is 12.8. The molecule has 1 fully saturated rings. The minimum Gasteiger partial charge on any atom is -0.492 e. The molecule has 2 aliphatic heterocycles. The van der Waals surface area contributed by atoms with Crippen LogP contribution in [0.3, 0.4) is 0 Å². The van der Waals surface area contributed by atoms with Gasteiger partial charge in [-0.25, -0.2) is 0 Å². The van der Waals surface area contributed by atoms with Gasteiger partial charge in [0.05, 0.1) is 12.7 Å². The zero-order chi connectivity index (χ0) is 15.7. The number of carbonyl (C=O) groups excluding carboxylic acids is 1. The fourth-order valence-electron chi connectivity index (χ4n) is 3.06. The highest BCUT2D eigenvalue weighted by molar-refractivity contribution is 5.94. The van der Waals surface area contributed by atoms with E-state index in [1.807, 2.05) is 23.1 Å². The molecule has 1 saturated heterocycles. The average molecular weight is 341 g/mol. The number of halogens is 1. The summed E-state index contributed by atoms with van der Waals surface area (Å²) >= 11 is 0. The SMILES string of the molecule is CC1(C)COc2ccc(C(=O)N3CCCO[C@@H](CN)C3)cc21.Cl. The molecule has 2 aliphatic rings. The van der Waals surface area contributed by atoms with Crippen LogP contribution >= 0.6 is 12.4 Å². The first kappa shape index (κ1) is 18.0. The van der Waals surface area contributed by atoms with E-state index in [-0.39, 0.29) is 29.8 Å². The molecule has 1 aromatic rings. The number of amides is 1. The first-order valence-electron chi connectivity index (χ1n) is 7.89. The van der Waals surface area contributed by atoms with Gasteiger partial charge in [0.25, 0.3) is 5.91 Å². The Kier molecular flexibility index (Phi) is 5.55. The second kappa shape index (κ2) is 7.07. The second-order valence-corrected chi connectivity index (χ2v) is 6.72. The molecule has 2 N–H and O–H groups in total. The lowest BCUT2D eigenvalue weighted by Crippen LogP contribution is -2.39. The van der Waals surface area contributed by atoms with Crippen molar-refractivity contribution in [3.8, 4) is 5.75 Å². The van der Waals surface area contributed by atoms with Gasteiger partial charge >= 0.3 is 0 Å². The third-order valence-electron chi connectivity index (χ3n) is 4.44. The van der Waals surface area contributed by atoms with Crippen LogP contribution < -0.4 is 10.5 Å². The highest BCUT2D eigenvalue weighted by atomic mass is 35.5. The largest absolute Gasteiger partial charge is 0.492 e. The number of hydrogen-bond acceptors (Lipinski definition) is 4. The predicted octanol–water partition coefficient (Wildman–Crippen LogP) is 1.97. The van der Waals surface area contributed by atoms with Crippen LogP contribution in [0.4, 0.5) is 0 Å². The van der Waals surface area contributed by atoms with E-state index in [1.54, 1.807) is 0 Å². The molecule has 23 heavy (non-hydrogen) atoms. The Morgan fingerprint density at radius 3 is 2.96 bits per heavy atom. The third kappa shape index (κ3) is 3.62. The molecule has 5 nitrogen and oxygen atoms in total. The van der Waals surface area contributed by atoms with Gasteiger partial charge in [0.15, 0.2) is 0 Å². The first-order valence-corrected chi connectivity index (χ1v) is 7.89. The smallest absolute Gasteiger partial charge is 0.253 e. The summed E-state index contributed by atoms with van der Waals surface area (Å²) in [5, 5.41) is 0. The van der Waals surface area contributed by atoms with E-state index < -0.39 is 0 Å². The van der Waals surface area contributed by atoms with Gasteiger partial charge in [0.2, 0.25) is 0 Å².